The van der Waals surface area contributed by atoms with Crippen molar-refractivity contribution in [3.8, 4) is 5.75 Å². The van der Waals surface area contributed by atoms with Gasteiger partial charge in [0, 0.05) is 6.92 Å². The van der Waals surface area contributed by atoms with E-state index >= 15 is 0 Å². The molecule has 1 aromatic heterocycles. The SMILES string of the molecule is CCc1cccc(OC2OC3COC(c4ccco4)OC3C(OC(C)C(=O)O)C2NC(C)=O)c1. The molecule has 184 valence electrons. The number of hydrogen-bond acceptors (Lipinski definition) is 8. The molecule has 7 atom stereocenters. The van der Waals surface area contributed by atoms with Gasteiger partial charge in [-0.25, -0.2) is 4.79 Å². The van der Waals surface area contributed by atoms with Gasteiger partial charge in [0.15, 0.2) is 11.9 Å². The largest absolute Gasteiger partial charge is 0.479 e. The van der Waals surface area contributed by atoms with Crippen LogP contribution < -0.4 is 10.1 Å². The Hall–Kier alpha value is -2.92. The zero-order chi connectivity index (χ0) is 24.2. The summed E-state index contributed by atoms with van der Waals surface area (Å²) in [6, 6.07) is 10.1. The number of aliphatic carboxylic acids is 1. The van der Waals surface area contributed by atoms with E-state index in [9.17, 15) is 14.7 Å². The highest BCUT2D eigenvalue weighted by atomic mass is 16.8. The van der Waals surface area contributed by atoms with Crippen LogP contribution in [0, 0.1) is 0 Å². The quantitative estimate of drug-likeness (QED) is 0.592. The Kier molecular flexibility index (Phi) is 7.52. The number of carbonyl (C=O) groups excluding carboxylic acids is 1. The summed E-state index contributed by atoms with van der Waals surface area (Å²) in [5, 5.41) is 12.3. The summed E-state index contributed by atoms with van der Waals surface area (Å²) in [7, 11) is 0. The van der Waals surface area contributed by atoms with Gasteiger partial charge >= 0.3 is 5.97 Å². The highest BCUT2D eigenvalue weighted by Crippen LogP contribution is 2.36. The standard InChI is InChI=1S/C24H29NO9/c1-4-15-7-5-8-16(11-15)32-24-19(25-14(3)26)21(31-13(2)22(27)28)20-18(33-24)12-30-23(34-20)17-9-6-10-29-17/h5-11,13,18-21,23-24H,4,12H2,1-3H3,(H,25,26)(H,27,28). The third-order valence-electron chi connectivity index (χ3n) is 5.75. The van der Waals surface area contributed by atoms with E-state index < -0.39 is 49.0 Å². The molecule has 2 saturated heterocycles. The van der Waals surface area contributed by atoms with Crippen LogP contribution >= 0.6 is 0 Å². The van der Waals surface area contributed by atoms with Gasteiger partial charge in [-0.3, -0.25) is 4.79 Å². The molecule has 4 rings (SSSR count). The minimum Gasteiger partial charge on any atom is -0.479 e. The van der Waals surface area contributed by atoms with Crippen LogP contribution in [0.4, 0.5) is 0 Å². The van der Waals surface area contributed by atoms with Crippen LogP contribution in [0.25, 0.3) is 0 Å². The predicted octanol–water partition coefficient (Wildman–Crippen LogP) is 2.42. The van der Waals surface area contributed by atoms with Gasteiger partial charge in [0.25, 0.3) is 0 Å². The van der Waals surface area contributed by atoms with E-state index in [0.717, 1.165) is 12.0 Å². The molecular formula is C24H29NO9. The fourth-order valence-electron chi connectivity index (χ4n) is 4.06. The molecule has 0 radical (unpaired) electrons. The lowest BCUT2D eigenvalue weighted by Gasteiger charge is -2.49. The van der Waals surface area contributed by atoms with E-state index in [4.69, 9.17) is 28.1 Å². The van der Waals surface area contributed by atoms with Crippen molar-refractivity contribution in [1.82, 2.24) is 5.32 Å². The van der Waals surface area contributed by atoms with E-state index in [1.807, 2.05) is 25.1 Å². The van der Waals surface area contributed by atoms with E-state index in [1.54, 1.807) is 18.2 Å². The van der Waals surface area contributed by atoms with Gasteiger partial charge in [0.1, 0.15) is 30.1 Å². The number of ether oxygens (including phenoxy) is 5. The van der Waals surface area contributed by atoms with Gasteiger partial charge in [0.2, 0.25) is 18.5 Å². The first-order valence-corrected chi connectivity index (χ1v) is 11.2. The summed E-state index contributed by atoms with van der Waals surface area (Å²) in [5.41, 5.74) is 1.07. The molecular weight excluding hydrogens is 446 g/mol. The van der Waals surface area contributed by atoms with Crippen molar-refractivity contribution in [2.75, 3.05) is 6.61 Å². The zero-order valence-electron chi connectivity index (χ0n) is 19.2. The molecule has 3 heterocycles. The first-order chi connectivity index (χ1) is 16.4. The number of carbonyl (C=O) groups is 2. The van der Waals surface area contributed by atoms with Crippen molar-refractivity contribution in [3.63, 3.8) is 0 Å². The molecule has 1 aromatic carbocycles. The number of carboxylic acid groups (broad SMARTS) is 1. The third kappa shape index (κ3) is 5.41. The van der Waals surface area contributed by atoms with Gasteiger partial charge in [-0.15, -0.1) is 0 Å². The molecule has 34 heavy (non-hydrogen) atoms. The molecule has 10 nitrogen and oxygen atoms in total. The molecule has 7 unspecified atom stereocenters. The Balaban J connectivity index is 1.64. The molecule has 0 aliphatic carbocycles. The zero-order valence-corrected chi connectivity index (χ0v) is 19.2. The van der Waals surface area contributed by atoms with Crippen molar-refractivity contribution in [3.05, 3.63) is 54.0 Å². The Morgan fingerprint density at radius 3 is 2.74 bits per heavy atom. The smallest absolute Gasteiger partial charge is 0.332 e. The number of rotatable bonds is 8. The minimum atomic E-state index is -1.17. The maximum Gasteiger partial charge on any atom is 0.332 e. The summed E-state index contributed by atoms with van der Waals surface area (Å²) < 4.78 is 35.5. The van der Waals surface area contributed by atoms with Crippen molar-refractivity contribution < 1.29 is 42.8 Å². The van der Waals surface area contributed by atoms with E-state index in [0.29, 0.717) is 11.5 Å². The molecule has 2 aliphatic heterocycles. The molecule has 0 saturated carbocycles. The lowest BCUT2D eigenvalue weighted by Crippen LogP contribution is -2.68. The van der Waals surface area contributed by atoms with Crippen LogP contribution in [0.2, 0.25) is 0 Å². The number of hydrogen-bond donors (Lipinski definition) is 2. The number of aryl methyl sites for hydroxylation is 1. The maximum absolute atomic E-state index is 12.1. The fourth-order valence-corrected chi connectivity index (χ4v) is 4.06. The Morgan fingerprint density at radius 2 is 2.06 bits per heavy atom. The fraction of sp³-hybridized carbons (Fsp3) is 0.500. The highest BCUT2D eigenvalue weighted by molar-refractivity contribution is 5.73. The van der Waals surface area contributed by atoms with Gasteiger partial charge in [-0.1, -0.05) is 19.1 Å². The second kappa shape index (κ2) is 10.6. The lowest BCUT2D eigenvalue weighted by molar-refractivity contribution is -0.343. The first kappa shape index (κ1) is 24.2. The Bertz CT molecular complexity index is 979. The summed E-state index contributed by atoms with van der Waals surface area (Å²) in [4.78, 5) is 23.7. The van der Waals surface area contributed by atoms with Crippen LogP contribution in [-0.4, -0.2) is 60.3 Å². The van der Waals surface area contributed by atoms with Crippen molar-refractivity contribution >= 4 is 11.9 Å². The molecule has 0 spiro atoms. The van der Waals surface area contributed by atoms with Crippen LogP contribution in [0.15, 0.2) is 47.1 Å². The Morgan fingerprint density at radius 1 is 1.24 bits per heavy atom. The first-order valence-electron chi connectivity index (χ1n) is 11.2. The average molecular weight is 475 g/mol. The van der Waals surface area contributed by atoms with Crippen molar-refractivity contribution in [2.24, 2.45) is 0 Å². The van der Waals surface area contributed by atoms with Crippen LogP contribution in [0.3, 0.4) is 0 Å². The van der Waals surface area contributed by atoms with Gasteiger partial charge < -0.3 is 38.5 Å². The number of amides is 1. The highest BCUT2D eigenvalue weighted by Gasteiger charge is 2.53. The van der Waals surface area contributed by atoms with Gasteiger partial charge in [-0.05, 0) is 43.2 Å². The molecule has 10 heteroatoms. The molecule has 2 aromatic rings. The monoisotopic (exact) mass is 475 g/mol. The number of fused-ring (bicyclic) bond motifs is 1. The van der Waals surface area contributed by atoms with Crippen LogP contribution in [0.1, 0.15) is 38.4 Å². The second-order valence-electron chi connectivity index (χ2n) is 8.25. The van der Waals surface area contributed by atoms with Gasteiger partial charge in [-0.2, -0.15) is 0 Å². The Labute approximate surface area is 197 Å². The number of benzene rings is 1. The minimum absolute atomic E-state index is 0.124. The maximum atomic E-state index is 12.1. The third-order valence-corrected chi connectivity index (χ3v) is 5.75. The van der Waals surface area contributed by atoms with Crippen molar-refractivity contribution in [2.45, 2.75) is 70.2 Å². The molecule has 1 amide bonds. The lowest BCUT2D eigenvalue weighted by atomic mass is 9.95. The summed E-state index contributed by atoms with van der Waals surface area (Å²) >= 11 is 0. The van der Waals surface area contributed by atoms with E-state index in [2.05, 4.69) is 5.32 Å². The topological polar surface area (TPSA) is 126 Å². The number of carboxylic acids is 1. The summed E-state index contributed by atoms with van der Waals surface area (Å²) in [6.07, 6.45) is -2.96. The van der Waals surface area contributed by atoms with Crippen molar-refractivity contribution in [1.29, 1.82) is 0 Å². The van der Waals surface area contributed by atoms with Crippen LogP contribution in [0.5, 0.6) is 5.75 Å². The predicted molar refractivity (Wildman–Crippen MR) is 117 cm³/mol. The second-order valence-corrected chi connectivity index (χ2v) is 8.25. The van der Waals surface area contributed by atoms with Gasteiger partial charge in [0.05, 0.1) is 12.9 Å². The van der Waals surface area contributed by atoms with E-state index in [-0.39, 0.29) is 12.5 Å². The normalized spacial score (nSPS) is 29.6. The number of furan rings is 1. The van der Waals surface area contributed by atoms with E-state index in [1.165, 1.54) is 20.1 Å². The average Bonchev–Trinajstić information content (AvgIpc) is 3.35. The molecule has 2 N–H and O–H groups in total. The molecule has 2 aliphatic rings. The molecule has 0 bridgehead atoms. The van der Waals surface area contributed by atoms with Crippen LogP contribution in [-0.2, 0) is 35.0 Å². The summed E-state index contributed by atoms with van der Waals surface area (Å²) in [5.74, 6) is -0.495. The summed E-state index contributed by atoms with van der Waals surface area (Å²) in [6.45, 7) is 4.93. The molecule has 2 fully saturated rings. The number of nitrogens with one attached hydrogen (secondary N) is 1.